The van der Waals surface area contributed by atoms with Crippen LogP contribution in [0.5, 0.6) is 0 Å². The van der Waals surface area contributed by atoms with Crippen molar-refractivity contribution in [2.45, 2.75) is 66.4 Å². The van der Waals surface area contributed by atoms with Gasteiger partial charge in [0.05, 0.1) is 0 Å². The zero-order chi connectivity index (χ0) is 13.7. The van der Waals surface area contributed by atoms with Crippen LogP contribution in [0.15, 0.2) is 0 Å². The van der Waals surface area contributed by atoms with E-state index in [1.165, 1.54) is 0 Å². The van der Waals surface area contributed by atoms with Gasteiger partial charge in [0.25, 0.3) is 0 Å². The van der Waals surface area contributed by atoms with Crippen LogP contribution in [0.1, 0.15) is 60.8 Å². The summed E-state index contributed by atoms with van der Waals surface area (Å²) in [5.74, 6) is 0. The lowest BCUT2D eigenvalue weighted by molar-refractivity contribution is -0.0861. The third-order valence-corrected chi connectivity index (χ3v) is 4.61. The van der Waals surface area contributed by atoms with E-state index >= 15 is 0 Å². The Kier molecular flexibility index (Phi) is 6.00. The summed E-state index contributed by atoms with van der Waals surface area (Å²) in [6.45, 7) is 13.3. The van der Waals surface area contributed by atoms with Crippen LogP contribution in [0.2, 0.25) is 0 Å². The molecule has 0 aromatic heterocycles. The first kappa shape index (κ1) is 16.3. The number of ether oxygens (including phenoxy) is 1. The number of amides is 1. The lowest BCUT2D eigenvalue weighted by Gasteiger charge is -2.45. The standard InChI is InChI=1S/C14H29NO2/c1-8-13(5,9-2)14(6,10-3)17-12(16)15(7)11-4/h8-11H2,1-7H3. The molecule has 0 rings (SSSR count). The first-order chi connectivity index (χ1) is 7.80. The van der Waals surface area contributed by atoms with E-state index in [4.69, 9.17) is 4.74 Å². The Labute approximate surface area is 107 Å². The lowest BCUT2D eigenvalue weighted by atomic mass is 9.69. The first-order valence-electron chi connectivity index (χ1n) is 6.74. The molecule has 1 unspecified atom stereocenters. The van der Waals surface area contributed by atoms with Gasteiger partial charge in [0.1, 0.15) is 5.60 Å². The van der Waals surface area contributed by atoms with Gasteiger partial charge in [-0.2, -0.15) is 0 Å². The minimum absolute atomic E-state index is 0.0337. The van der Waals surface area contributed by atoms with Crippen molar-refractivity contribution in [3.63, 3.8) is 0 Å². The molecule has 0 heterocycles. The summed E-state index contributed by atoms with van der Waals surface area (Å²) in [6, 6.07) is 0. The van der Waals surface area contributed by atoms with Crippen molar-refractivity contribution in [3.05, 3.63) is 0 Å². The van der Waals surface area contributed by atoms with Crippen LogP contribution in [0.3, 0.4) is 0 Å². The molecular formula is C14H29NO2. The topological polar surface area (TPSA) is 29.5 Å². The van der Waals surface area contributed by atoms with Gasteiger partial charge in [-0.1, -0.05) is 27.7 Å². The van der Waals surface area contributed by atoms with Gasteiger partial charge in [-0.3, -0.25) is 0 Å². The number of nitrogens with zero attached hydrogens (tertiary/aromatic N) is 1. The molecule has 0 aliphatic heterocycles. The Hall–Kier alpha value is -0.730. The van der Waals surface area contributed by atoms with Gasteiger partial charge in [-0.15, -0.1) is 0 Å². The second-order valence-electron chi connectivity index (χ2n) is 5.23. The molecule has 17 heavy (non-hydrogen) atoms. The van der Waals surface area contributed by atoms with Gasteiger partial charge in [-0.25, -0.2) is 4.79 Å². The zero-order valence-electron chi connectivity index (χ0n) is 12.6. The maximum absolute atomic E-state index is 11.9. The maximum atomic E-state index is 11.9. The Morgan fingerprint density at radius 3 is 1.82 bits per heavy atom. The zero-order valence-corrected chi connectivity index (χ0v) is 12.6. The Balaban J connectivity index is 4.97. The predicted molar refractivity (Wildman–Crippen MR) is 72.2 cm³/mol. The molecule has 0 radical (unpaired) electrons. The van der Waals surface area contributed by atoms with Crippen molar-refractivity contribution >= 4 is 6.09 Å². The highest BCUT2D eigenvalue weighted by molar-refractivity contribution is 5.67. The average molecular weight is 243 g/mol. The highest BCUT2D eigenvalue weighted by atomic mass is 16.6. The summed E-state index contributed by atoms with van der Waals surface area (Å²) in [6.07, 6.45) is 2.65. The van der Waals surface area contributed by atoms with E-state index in [-0.39, 0.29) is 11.5 Å². The summed E-state index contributed by atoms with van der Waals surface area (Å²) >= 11 is 0. The van der Waals surface area contributed by atoms with Crippen molar-refractivity contribution in [1.29, 1.82) is 0 Å². The van der Waals surface area contributed by atoms with Crippen LogP contribution < -0.4 is 0 Å². The van der Waals surface area contributed by atoms with Crippen LogP contribution in [-0.4, -0.2) is 30.2 Å². The summed E-state index contributed by atoms with van der Waals surface area (Å²) in [5.41, 5.74) is -0.358. The van der Waals surface area contributed by atoms with Gasteiger partial charge in [0.2, 0.25) is 0 Å². The first-order valence-corrected chi connectivity index (χ1v) is 6.74. The molecule has 1 atom stereocenters. The number of rotatable bonds is 6. The smallest absolute Gasteiger partial charge is 0.410 e. The minimum Gasteiger partial charge on any atom is -0.443 e. The van der Waals surface area contributed by atoms with Crippen LogP contribution >= 0.6 is 0 Å². The van der Waals surface area contributed by atoms with Gasteiger partial charge >= 0.3 is 6.09 Å². The number of carbonyl (C=O) groups excluding carboxylic acids is 1. The molecule has 0 bridgehead atoms. The fourth-order valence-electron chi connectivity index (χ4n) is 2.02. The van der Waals surface area contributed by atoms with E-state index in [2.05, 4.69) is 34.6 Å². The second-order valence-corrected chi connectivity index (χ2v) is 5.23. The predicted octanol–water partition coefficient (Wildman–Crippen LogP) is 4.07. The molecule has 0 aromatic rings. The van der Waals surface area contributed by atoms with Crippen LogP contribution in [0.25, 0.3) is 0 Å². The molecule has 0 aliphatic carbocycles. The monoisotopic (exact) mass is 243 g/mol. The van der Waals surface area contributed by atoms with Gasteiger partial charge in [0.15, 0.2) is 0 Å². The van der Waals surface area contributed by atoms with Crippen LogP contribution in [0, 0.1) is 5.41 Å². The summed E-state index contributed by atoms with van der Waals surface area (Å²) in [7, 11) is 1.77. The molecule has 1 amide bonds. The fourth-order valence-corrected chi connectivity index (χ4v) is 2.02. The lowest BCUT2D eigenvalue weighted by Crippen LogP contribution is -2.48. The normalized spacial score (nSPS) is 15.2. The van der Waals surface area contributed by atoms with Crippen molar-refractivity contribution in [2.24, 2.45) is 5.41 Å². The molecule has 0 aromatic carbocycles. The molecule has 0 saturated carbocycles. The highest BCUT2D eigenvalue weighted by Crippen LogP contribution is 2.42. The number of carbonyl (C=O) groups is 1. The van der Waals surface area contributed by atoms with E-state index < -0.39 is 5.60 Å². The quantitative estimate of drug-likeness (QED) is 0.703. The maximum Gasteiger partial charge on any atom is 0.410 e. The second kappa shape index (κ2) is 6.27. The molecule has 102 valence electrons. The molecule has 3 nitrogen and oxygen atoms in total. The Bertz CT molecular complexity index is 249. The van der Waals surface area contributed by atoms with Crippen molar-refractivity contribution in [2.75, 3.05) is 13.6 Å². The van der Waals surface area contributed by atoms with Crippen molar-refractivity contribution in [3.8, 4) is 0 Å². The van der Waals surface area contributed by atoms with Crippen molar-refractivity contribution < 1.29 is 9.53 Å². The summed E-state index contributed by atoms with van der Waals surface area (Å²) in [4.78, 5) is 13.5. The molecule has 0 aliphatic rings. The average Bonchev–Trinajstić information content (AvgIpc) is 2.35. The SMILES string of the molecule is CCN(C)C(=O)OC(C)(CC)C(C)(CC)CC. The minimum atomic E-state index is -0.392. The van der Waals surface area contributed by atoms with Gasteiger partial charge in [0, 0.05) is 19.0 Å². The highest BCUT2D eigenvalue weighted by Gasteiger charge is 2.44. The molecule has 0 saturated heterocycles. The van der Waals surface area contributed by atoms with Gasteiger partial charge < -0.3 is 9.64 Å². The summed E-state index contributed by atoms with van der Waals surface area (Å²) in [5, 5.41) is 0. The third kappa shape index (κ3) is 3.36. The van der Waals surface area contributed by atoms with Gasteiger partial charge in [-0.05, 0) is 33.1 Å². The van der Waals surface area contributed by atoms with E-state index in [0.29, 0.717) is 6.54 Å². The molecule has 0 spiro atoms. The van der Waals surface area contributed by atoms with Crippen molar-refractivity contribution in [1.82, 2.24) is 4.90 Å². The molecular weight excluding hydrogens is 214 g/mol. The largest absolute Gasteiger partial charge is 0.443 e. The van der Waals surface area contributed by atoms with Crippen LogP contribution in [-0.2, 0) is 4.74 Å². The van der Waals surface area contributed by atoms with E-state index in [1.54, 1.807) is 11.9 Å². The van der Waals surface area contributed by atoms with E-state index in [0.717, 1.165) is 19.3 Å². The number of hydrogen-bond acceptors (Lipinski definition) is 2. The Morgan fingerprint density at radius 2 is 1.53 bits per heavy atom. The van der Waals surface area contributed by atoms with E-state index in [9.17, 15) is 4.79 Å². The van der Waals surface area contributed by atoms with Crippen LogP contribution in [0.4, 0.5) is 4.79 Å². The third-order valence-electron chi connectivity index (χ3n) is 4.61. The molecule has 0 fully saturated rings. The van der Waals surface area contributed by atoms with E-state index in [1.807, 2.05) is 6.92 Å². The fraction of sp³-hybridized carbons (Fsp3) is 0.929. The molecule has 0 N–H and O–H groups in total. The molecule has 3 heteroatoms. The summed E-state index contributed by atoms with van der Waals surface area (Å²) < 4.78 is 5.77. The number of hydrogen-bond donors (Lipinski definition) is 0. The Morgan fingerprint density at radius 1 is 1.06 bits per heavy atom.